The minimum absolute atomic E-state index is 0.0470. The second kappa shape index (κ2) is 8.10. The molecule has 1 amide bonds. The van der Waals surface area contributed by atoms with E-state index in [4.69, 9.17) is 0 Å². The second-order valence-corrected chi connectivity index (χ2v) is 6.39. The molecule has 1 aliphatic rings. The Morgan fingerprint density at radius 2 is 2.12 bits per heavy atom. The number of amides is 1. The van der Waals surface area contributed by atoms with Crippen molar-refractivity contribution in [1.82, 2.24) is 5.32 Å². The van der Waals surface area contributed by atoms with Gasteiger partial charge in [-0.3, -0.25) is 14.9 Å². The van der Waals surface area contributed by atoms with Crippen molar-refractivity contribution in [2.24, 2.45) is 5.92 Å². The molecule has 7 nitrogen and oxygen atoms in total. The molecule has 24 heavy (non-hydrogen) atoms. The summed E-state index contributed by atoms with van der Waals surface area (Å²) >= 11 is 0. The standard InChI is InChI=1S/C17H25N3O4/c1-3-14(11-21)18-17(22)13-4-5-15(16(10-13)20(23)24)19-8-6-12(2)7-9-19/h4-5,10,12,14,21H,3,6-9,11H2,1-2H3,(H,18,22). The van der Waals surface area contributed by atoms with Crippen LogP contribution in [0.2, 0.25) is 0 Å². The highest BCUT2D eigenvalue weighted by Crippen LogP contribution is 2.32. The van der Waals surface area contributed by atoms with E-state index >= 15 is 0 Å². The smallest absolute Gasteiger partial charge is 0.293 e. The number of hydrogen-bond acceptors (Lipinski definition) is 5. The maximum Gasteiger partial charge on any atom is 0.293 e. The van der Waals surface area contributed by atoms with Gasteiger partial charge in [-0.25, -0.2) is 0 Å². The molecular formula is C17H25N3O4. The molecule has 0 saturated carbocycles. The lowest BCUT2D eigenvalue weighted by molar-refractivity contribution is -0.384. The Morgan fingerprint density at radius 1 is 1.46 bits per heavy atom. The Hall–Kier alpha value is -2.15. The van der Waals surface area contributed by atoms with Crippen molar-refractivity contribution in [1.29, 1.82) is 0 Å². The first-order chi connectivity index (χ1) is 11.5. The van der Waals surface area contributed by atoms with Gasteiger partial charge < -0.3 is 15.3 Å². The van der Waals surface area contributed by atoms with Gasteiger partial charge in [-0.1, -0.05) is 13.8 Å². The number of nitrogens with one attached hydrogen (secondary N) is 1. The molecule has 2 rings (SSSR count). The van der Waals surface area contributed by atoms with E-state index in [1.807, 2.05) is 11.8 Å². The molecule has 132 valence electrons. The first kappa shape index (κ1) is 18.2. The molecule has 1 aliphatic heterocycles. The van der Waals surface area contributed by atoms with E-state index < -0.39 is 10.8 Å². The van der Waals surface area contributed by atoms with E-state index in [0.717, 1.165) is 25.9 Å². The van der Waals surface area contributed by atoms with E-state index in [2.05, 4.69) is 12.2 Å². The van der Waals surface area contributed by atoms with Gasteiger partial charge in [0.2, 0.25) is 0 Å². The summed E-state index contributed by atoms with van der Waals surface area (Å²) in [7, 11) is 0. The van der Waals surface area contributed by atoms with Crippen LogP contribution in [0.4, 0.5) is 11.4 Å². The Bertz CT molecular complexity index is 593. The summed E-state index contributed by atoms with van der Waals surface area (Å²) in [5.74, 6) is 0.229. The fourth-order valence-corrected chi connectivity index (χ4v) is 2.87. The highest BCUT2D eigenvalue weighted by atomic mass is 16.6. The van der Waals surface area contributed by atoms with Crippen molar-refractivity contribution in [3.05, 3.63) is 33.9 Å². The third kappa shape index (κ3) is 4.23. The molecule has 1 aromatic carbocycles. The largest absolute Gasteiger partial charge is 0.394 e. The van der Waals surface area contributed by atoms with Gasteiger partial charge in [-0.05, 0) is 37.3 Å². The molecule has 1 aromatic rings. The Labute approximate surface area is 141 Å². The van der Waals surface area contributed by atoms with Crippen LogP contribution in [0, 0.1) is 16.0 Å². The minimum Gasteiger partial charge on any atom is -0.394 e. The third-order valence-corrected chi connectivity index (χ3v) is 4.61. The number of benzene rings is 1. The molecule has 1 heterocycles. The van der Waals surface area contributed by atoms with Crippen LogP contribution in [0.1, 0.15) is 43.5 Å². The van der Waals surface area contributed by atoms with Crippen LogP contribution in [0.15, 0.2) is 18.2 Å². The van der Waals surface area contributed by atoms with Crippen molar-refractivity contribution >= 4 is 17.3 Å². The van der Waals surface area contributed by atoms with Gasteiger partial charge >= 0.3 is 0 Å². The van der Waals surface area contributed by atoms with Crippen LogP contribution in [0.5, 0.6) is 0 Å². The molecule has 7 heteroatoms. The maximum atomic E-state index is 12.2. The summed E-state index contributed by atoms with van der Waals surface area (Å²) in [4.78, 5) is 25.2. The number of nitrogens with zero attached hydrogens (tertiary/aromatic N) is 2. The summed E-state index contributed by atoms with van der Waals surface area (Å²) in [5, 5.41) is 23.3. The second-order valence-electron chi connectivity index (χ2n) is 6.39. The molecule has 0 aromatic heterocycles. The average molecular weight is 335 g/mol. The number of nitro groups is 1. The van der Waals surface area contributed by atoms with Gasteiger partial charge in [0, 0.05) is 24.7 Å². The quantitative estimate of drug-likeness (QED) is 0.614. The van der Waals surface area contributed by atoms with Crippen molar-refractivity contribution in [2.75, 3.05) is 24.6 Å². The van der Waals surface area contributed by atoms with Crippen molar-refractivity contribution in [3.63, 3.8) is 0 Å². The van der Waals surface area contributed by atoms with E-state index in [1.54, 1.807) is 12.1 Å². The third-order valence-electron chi connectivity index (χ3n) is 4.61. The average Bonchev–Trinajstić information content (AvgIpc) is 2.59. The van der Waals surface area contributed by atoms with Gasteiger partial charge in [-0.2, -0.15) is 0 Å². The van der Waals surface area contributed by atoms with Gasteiger partial charge in [-0.15, -0.1) is 0 Å². The molecule has 1 unspecified atom stereocenters. The molecule has 0 aliphatic carbocycles. The summed E-state index contributed by atoms with van der Waals surface area (Å²) in [6, 6.07) is 4.25. The predicted molar refractivity (Wildman–Crippen MR) is 92.3 cm³/mol. The molecule has 0 bridgehead atoms. The predicted octanol–water partition coefficient (Wildman–Crippen LogP) is 2.33. The normalized spacial score (nSPS) is 16.7. The van der Waals surface area contributed by atoms with Crippen LogP contribution in [-0.4, -0.2) is 41.7 Å². The number of aliphatic hydroxyl groups is 1. The zero-order valence-electron chi connectivity index (χ0n) is 14.2. The Kier molecular flexibility index (Phi) is 6.14. The highest BCUT2D eigenvalue weighted by molar-refractivity contribution is 5.96. The monoisotopic (exact) mass is 335 g/mol. The summed E-state index contributed by atoms with van der Waals surface area (Å²) in [5.41, 5.74) is 0.759. The lowest BCUT2D eigenvalue weighted by atomic mass is 9.98. The van der Waals surface area contributed by atoms with Gasteiger partial charge in [0.25, 0.3) is 11.6 Å². The van der Waals surface area contributed by atoms with Crippen LogP contribution in [0.25, 0.3) is 0 Å². The van der Waals surface area contributed by atoms with Crippen LogP contribution >= 0.6 is 0 Å². The van der Waals surface area contributed by atoms with Crippen molar-refractivity contribution in [3.8, 4) is 0 Å². The van der Waals surface area contributed by atoms with Crippen LogP contribution in [0.3, 0.4) is 0 Å². The number of anilines is 1. The topological polar surface area (TPSA) is 95.7 Å². The first-order valence-electron chi connectivity index (χ1n) is 8.41. The SMILES string of the molecule is CCC(CO)NC(=O)c1ccc(N2CCC(C)CC2)c([N+](=O)[O-])c1. The number of carbonyl (C=O) groups excluding carboxylic acids is 1. The van der Waals surface area contributed by atoms with E-state index in [0.29, 0.717) is 18.0 Å². The molecule has 1 saturated heterocycles. The molecule has 0 radical (unpaired) electrons. The number of nitro benzene ring substituents is 1. The molecular weight excluding hydrogens is 310 g/mol. The zero-order valence-corrected chi connectivity index (χ0v) is 14.2. The molecule has 1 atom stereocenters. The van der Waals surface area contributed by atoms with Crippen LogP contribution < -0.4 is 10.2 Å². The lowest BCUT2D eigenvalue weighted by Crippen LogP contribution is -2.37. The van der Waals surface area contributed by atoms with Crippen molar-refractivity contribution < 1.29 is 14.8 Å². The number of hydrogen-bond donors (Lipinski definition) is 2. The highest BCUT2D eigenvalue weighted by Gasteiger charge is 2.25. The summed E-state index contributed by atoms with van der Waals surface area (Å²) < 4.78 is 0. The zero-order chi connectivity index (χ0) is 17.7. The minimum atomic E-state index is -0.437. The summed E-state index contributed by atoms with van der Waals surface area (Å²) in [6.45, 7) is 5.45. The van der Waals surface area contributed by atoms with E-state index in [9.17, 15) is 20.0 Å². The summed E-state index contributed by atoms with van der Waals surface area (Å²) in [6.07, 6.45) is 2.61. The number of carbonyl (C=O) groups is 1. The van der Waals surface area contributed by atoms with Gasteiger partial charge in [0.1, 0.15) is 5.69 Å². The van der Waals surface area contributed by atoms with E-state index in [1.165, 1.54) is 6.07 Å². The first-order valence-corrected chi connectivity index (χ1v) is 8.41. The van der Waals surface area contributed by atoms with Gasteiger partial charge in [0.05, 0.1) is 17.6 Å². The van der Waals surface area contributed by atoms with E-state index in [-0.39, 0.29) is 23.9 Å². The molecule has 0 spiro atoms. The molecule has 1 fully saturated rings. The van der Waals surface area contributed by atoms with Crippen molar-refractivity contribution in [2.45, 2.75) is 39.2 Å². The maximum absolute atomic E-state index is 12.2. The fourth-order valence-electron chi connectivity index (χ4n) is 2.87. The Morgan fingerprint density at radius 3 is 2.67 bits per heavy atom. The molecule has 2 N–H and O–H groups in total. The van der Waals surface area contributed by atoms with Gasteiger partial charge in [0.15, 0.2) is 0 Å². The number of piperidine rings is 1. The number of aliphatic hydroxyl groups excluding tert-OH is 1. The fraction of sp³-hybridized carbons (Fsp3) is 0.588. The number of rotatable bonds is 6. The van der Waals surface area contributed by atoms with Crippen LogP contribution in [-0.2, 0) is 0 Å². The Balaban J connectivity index is 2.23. The lowest BCUT2D eigenvalue weighted by Gasteiger charge is -2.31.